The van der Waals surface area contributed by atoms with Crippen molar-refractivity contribution >= 4 is 126 Å². The number of hydrogen-bond donors (Lipinski definition) is 0. The van der Waals surface area contributed by atoms with Crippen molar-refractivity contribution < 1.29 is 0 Å². The fourth-order valence-electron chi connectivity index (χ4n) is 24.5. The average Bonchev–Trinajstić information content (AvgIpc) is 0.888. The molecule has 7 bridgehead atoms. The highest BCUT2D eigenvalue weighted by atomic mass is 15.3. The summed E-state index contributed by atoms with van der Waals surface area (Å²) in [5.41, 5.74) is 39.2. The summed E-state index contributed by atoms with van der Waals surface area (Å²) in [5, 5.41) is 0. The Kier molecular flexibility index (Phi) is 15.2. The summed E-state index contributed by atoms with van der Waals surface area (Å²) in [6, 6.07) is 137. The normalized spacial score (nSPS) is 21.0. The van der Waals surface area contributed by atoms with E-state index < -0.39 is 0 Å². The van der Waals surface area contributed by atoms with Gasteiger partial charge in [-0.25, -0.2) is 0 Å². The lowest BCUT2D eigenvalue weighted by molar-refractivity contribution is 0.0900. The molecule has 554 valence electrons. The highest BCUT2D eigenvalue weighted by Crippen LogP contribution is 2.60. The highest BCUT2D eigenvalue weighted by molar-refractivity contribution is 7.03. The first kappa shape index (κ1) is 66.6. The van der Waals surface area contributed by atoms with Crippen LogP contribution in [0, 0.1) is 29.6 Å². The molecule has 0 N–H and O–H groups in total. The molecule has 0 spiro atoms. The predicted octanol–water partition coefficient (Wildman–Crippen LogP) is 23.2. The fraction of sp³-hybridized carbons (Fsp3) is 0.167. The summed E-state index contributed by atoms with van der Waals surface area (Å²) >= 11 is 0. The third-order valence-corrected chi connectivity index (χ3v) is 28.8. The van der Waals surface area contributed by atoms with Gasteiger partial charge < -0.3 is 29.4 Å². The molecule has 4 aliphatic carbocycles. The molecule has 7 fully saturated rings. The summed E-state index contributed by atoms with van der Waals surface area (Å²) in [7, 11) is 0. The third-order valence-electron chi connectivity index (χ3n) is 28.8. The van der Waals surface area contributed by atoms with Gasteiger partial charge in [-0.3, -0.25) is 0 Å². The first-order chi connectivity index (χ1) is 57.5. The summed E-state index contributed by atoms with van der Waals surface area (Å²) in [6.45, 7) is 0.652. The lowest BCUT2D eigenvalue weighted by Crippen LogP contribution is -2.65. The van der Waals surface area contributed by atoms with Crippen LogP contribution in [-0.4, -0.2) is 38.1 Å². The lowest BCUT2D eigenvalue weighted by atomic mass is 9.30. The molecular weight excluding hydrogens is 1400 g/mol. The SMILES string of the molecule is c1ccc(-c2cccc(-c3ccccc3)c2N2c3ccccc3B3c4cc5c(cc4N(c4ccccc4)c4cc(N6C7CC8CC(C7)CC6C8)cc2c43)N(c2c(-c3ccccc3)cccc2-c2ccccc2)c2cc(N3CC4CC6CC4CC3C6)cc3c2B5c2ccccc2N3c2c(-c3ccccc3)cccc2-c2ccccc2)cc1. The number of piperidine rings is 3. The minimum Gasteiger partial charge on any atom is -0.368 e. The Bertz CT molecular complexity index is 6220. The molecule has 6 nitrogen and oxygen atoms in total. The van der Waals surface area contributed by atoms with Crippen molar-refractivity contribution in [3.05, 3.63) is 352 Å². The van der Waals surface area contributed by atoms with Crippen molar-refractivity contribution in [1.82, 2.24) is 0 Å². The summed E-state index contributed by atoms with van der Waals surface area (Å²) in [4.78, 5) is 17.0. The van der Waals surface area contributed by atoms with E-state index in [0.717, 1.165) is 35.9 Å². The van der Waals surface area contributed by atoms with E-state index in [1.54, 1.807) is 0 Å². The minimum atomic E-state index is -0.223. The number of hydrogen-bond acceptors (Lipinski definition) is 6. The molecule has 4 atom stereocenters. The van der Waals surface area contributed by atoms with Gasteiger partial charge in [0.25, 0.3) is 13.4 Å². The van der Waals surface area contributed by atoms with Crippen LogP contribution >= 0.6 is 0 Å². The van der Waals surface area contributed by atoms with Gasteiger partial charge in [0.15, 0.2) is 0 Å². The second-order valence-electron chi connectivity index (χ2n) is 35.0. The van der Waals surface area contributed by atoms with Crippen molar-refractivity contribution in [1.29, 1.82) is 0 Å². The van der Waals surface area contributed by atoms with Gasteiger partial charge >= 0.3 is 0 Å². The monoisotopic (exact) mass is 1490 g/mol. The van der Waals surface area contributed by atoms with Gasteiger partial charge in [-0.05, 0) is 208 Å². The molecule has 3 saturated heterocycles. The number of nitrogens with zero attached hydrogens (tertiary/aromatic N) is 6. The Hall–Kier alpha value is -12.8. The minimum absolute atomic E-state index is 0.196. The lowest BCUT2D eigenvalue weighted by Gasteiger charge is -2.58. The van der Waals surface area contributed by atoms with Crippen LogP contribution in [0.4, 0.5) is 79.6 Å². The molecular formula is C108H86B2N6. The molecule has 11 aliphatic rings. The van der Waals surface area contributed by atoms with E-state index in [1.165, 1.54) is 231 Å². The molecule has 7 heterocycles. The topological polar surface area (TPSA) is 19.4 Å². The zero-order valence-corrected chi connectivity index (χ0v) is 65.0. The smallest absolute Gasteiger partial charge is 0.252 e. The first-order valence-corrected chi connectivity index (χ1v) is 42.8. The molecule has 4 unspecified atom stereocenters. The molecule has 7 aliphatic heterocycles. The van der Waals surface area contributed by atoms with E-state index in [0.29, 0.717) is 24.0 Å². The molecule has 116 heavy (non-hydrogen) atoms. The van der Waals surface area contributed by atoms with Crippen LogP contribution in [-0.2, 0) is 0 Å². The quantitative estimate of drug-likeness (QED) is 0.113. The maximum Gasteiger partial charge on any atom is 0.252 e. The van der Waals surface area contributed by atoms with Crippen LogP contribution in [0.5, 0.6) is 0 Å². The Labute approximate surface area is 681 Å². The number of fused-ring (bicyclic) bond motifs is 10. The molecule has 26 rings (SSSR count). The summed E-state index contributed by atoms with van der Waals surface area (Å²) in [5.74, 6) is 3.81. The van der Waals surface area contributed by atoms with Crippen LogP contribution < -0.4 is 62.2 Å². The maximum atomic E-state index is 2.97. The van der Waals surface area contributed by atoms with Crippen molar-refractivity contribution in [2.75, 3.05) is 35.9 Å². The summed E-state index contributed by atoms with van der Waals surface area (Å²) in [6.07, 6.45) is 11.6. The molecule has 15 aromatic rings. The standard InChI is InChI=1S/C108H86B2N6/c1-8-29-72(30-9-1)86-43-26-44-87(73-31-10-2-11-32-73)106(86)114-96-51-24-23-50-93(96)110-95-66-94-98(67-99(95)116(108-90(76-37-16-5-17-38-76)47-28-48-91(108)77-39-18-6-19-40-77)102-63-82(62-101(114)105(102)110)111-68-79-55-71-54-78(79)61-81(111)56-71)113(80-41-20-7-21-42-80)100-64-85(112-83-57-69-53-70(59-83)60-84(112)58-69)65-103-104(100)109(94)92-49-22-25-52-97(92)115(103)107-88(74-33-12-3-13-34-74)45-27-46-89(107)75-35-14-4-15-36-75/h1-52,62-67,69-71,78-79,81,83-84H,53-61,68H2. The zero-order chi connectivity index (χ0) is 75.8. The number of para-hydroxylation sites is 6. The van der Waals surface area contributed by atoms with Crippen LogP contribution in [0.3, 0.4) is 0 Å². The molecule has 15 aromatic carbocycles. The van der Waals surface area contributed by atoms with E-state index in [9.17, 15) is 0 Å². The Morgan fingerprint density at radius 2 is 0.543 bits per heavy atom. The van der Waals surface area contributed by atoms with Crippen LogP contribution in [0.1, 0.15) is 57.8 Å². The molecule has 8 heteroatoms. The largest absolute Gasteiger partial charge is 0.368 e. The fourth-order valence-corrected chi connectivity index (χ4v) is 24.5. The van der Waals surface area contributed by atoms with E-state index in [2.05, 4.69) is 381 Å². The zero-order valence-electron chi connectivity index (χ0n) is 65.0. The van der Waals surface area contributed by atoms with Gasteiger partial charge in [0.1, 0.15) is 0 Å². The highest BCUT2D eigenvalue weighted by Gasteiger charge is 2.54. The van der Waals surface area contributed by atoms with Gasteiger partial charge in [-0.15, -0.1) is 0 Å². The number of rotatable bonds is 12. The van der Waals surface area contributed by atoms with E-state index in [1.807, 2.05) is 0 Å². The van der Waals surface area contributed by atoms with Gasteiger partial charge in [0, 0.05) is 121 Å². The van der Waals surface area contributed by atoms with E-state index in [4.69, 9.17) is 0 Å². The van der Waals surface area contributed by atoms with Crippen molar-refractivity contribution in [3.8, 4) is 66.8 Å². The van der Waals surface area contributed by atoms with Gasteiger partial charge in [-0.1, -0.05) is 297 Å². The van der Waals surface area contributed by atoms with Crippen LogP contribution in [0.25, 0.3) is 66.8 Å². The average molecular weight is 1490 g/mol. The Morgan fingerprint density at radius 3 is 0.957 bits per heavy atom. The van der Waals surface area contributed by atoms with Gasteiger partial charge in [0.05, 0.1) is 17.1 Å². The second kappa shape index (κ2) is 26.4. The second-order valence-corrected chi connectivity index (χ2v) is 35.0. The Morgan fingerprint density at radius 1 is 0.216 bits per heavy atom. The Balaban J connectivity index is 0.823. The maximum absolute atomic E-state index is 2.97. The molecule has 4 saturated carbocycles. The van der Waals surface area contributed by atoms with Crippen LogP contribution in [0.15, 0.2) is 352 Å². The third kappa shape index (κ3) is 10.2. The molecule has 0 radical (unpaired) electrons. The molecule has 0 aromatic heterocycles. The predicted molar refractivity (Wildman–Crippen MR) is 487 cm³/mol. The van der Waals surface area contributed by atoms with E-state index >= 15 is 0 Å². The van der Waals surface area contributed by atoms with Crippen molar-refractivity contribution in [2.24, 2.45) is 29.6 Å². The first-order valence-electron chi connectivity index (χ1n) is 42.8. The van der Waals surface area contributed by atoms with Gasteiger partial charge in [0.2, 0.25) is 0 Å². The van der Waals surface area contributed by atoms with Gasteiger partial charge in [-0.2, -0.15) is 0 Å². The number of benzene rings is 15. The van der Waals surface area contributed by atoms with Crippen molar-refractivity contribution in [2.45, 2.75) is 75.9 Å². The van der Waals surface area contributed by atoms with Crippen molar-refractivity contribution in [3.63, 3.8) is 0 Å². The number of anilines is 14. The van der Waals surface area contributed by atoms with Crippen LogP contribution in [0.2, 0.25) is 0 Å². The molecule has 0 amide bonds. The summed E-state index contributed by atoms with van der Waals surface area (Å²) < 4.78 is 0. The van der Waals surface area contributed by atoms with E-state index in [-0.39, 0.29) is 13.4 Å².